The van der Waals surface area contributed by atoms with E-state index in [1.165, 1.54) is 5.56 Å². The van der Waals surface area contributed by atoms with Gasteiger partial charge in [-0.2, -0.15) is 0 Å². The number of hydrogen-bond donors (Lipinski definition) is 1. The molecule has 0 saturated heterocycles. The van der Waals surface area contributed by atoms with Crippen LogP contribution in [0.4, 0.5) is 5.69 Å². The fourth-order valence-electron chi connectivity index (χ4n) is 3.21. The molecule has 1 amide bonds. The number of nitrogens with one attached hydrogen (secondary N) is 1. The molecule has 0 bridgehead atoms. The van der Waals surface area contributed by atoms with E-state index in [4.69, 9.17) is 13.9 Å². The summed E-state index contributed by atoms with van der Waals surface area (Å²) in [5.41, 5.74) is 5.20. The van der Waals surface area contributed by atoms with Crippen LogP contribution in [-0.2, 0) is 11.2 Å². The first-order valence-corrected chi connectivity index (χ1v) is 10.1. The zero-order valence-electron chi connectivity index (χ0n) is 17.8. The summed E-state index contributed by atoms with van der Waals surface area (Å²) in [6.45, 7) is 3.94. The number of aromatic nitrogens is 1. The number of benzene rings is 3. The number of carbonyl (C=O) groups is 1. The molecule has 0 aliphatic carbocycles. The maximum atomic E-state index is 12.4. The minimum absolute atomic E-state index is 0.0985. The highest BCUT2D eigenvalue weighted by atomic mass is 16.5. The SMILES string of the molecule is CCc1ccc2oc(-c3ccc(C)c(NC(=O)COc4ccc(OC)cc4)c3)nc2c1. The molecule has 6 heteroatoms. The van der Waals surface area contributed by atoms with E-state index in [0.717, 1.165) is 34.4 Å². The van der Waals surface area contributed by atoms with Gasteiger partial charge in [-0.3, -0.25) is 4.79 Å². The van der Waals surface area contributed by atoms with E-state index in [1.807, 2.05) is 43.3 Å². The maximum absolute atomic E-state index is 12.4. The molecule has 1 heterocycles. The van der Waals surface area contributed by atoms with Crippen molar-refractivity contribution in [3.8, 4) is 23.0 Å². The number of nitrogens with zero attached hydrogens (tertiary/aromatic N) is 1. The fourth-order valence-corrected chi connectivity index (χ4v) is 3.21. The number of anilines is 1. The predicted molar refractivity (Wildman–Crippen MR) is 121 cm³/mol. The van der Waals surface area contributed by atoms with Crippen molar-refractivity contribution in [2.45, 2.75) is 20.3 Å². The Balaban J connectivity index is 1.47. The second-order valence-electron chi connectivity index (χ2n) is 7.22. The van der Waals surface area contributed by atoms with Crippen LogP contribution in [-0.4, -0.2) is 24.6 Å². The summed E-state index contributed by atoms with van der Waals surface area (Å²) in [5, 5.41) is 2.91. The van der Waals surface area contributed by atoms with Crippen molar-refractivity contribution in [3.05, 3.63) is 71.8 Å². The van der Waals surface area contributed by atoms with Gasteiger partial charge < -0.3 is 19.2 Å². The lowest BCUT2D eigenvalue weighted by molar-refractivity contribution is -0.118. The van der Waals surface area contributed by atoms with Gasteiger partial charge in [0.2, 0.25) is 5.89 Å². The highest BCUT2D eigenvalue weighted by Crippen LogP contribution is 2.28. The summed E-state index contributed by atoms with van der Waals surface area (Å²) in [4.78, 5) is 17.0. The number of hydrogen-bond acceptors (Lipinski definition) is 5. The normalized spacial score (nSPS) is 10.8. The first-order valence-electron chi connectivity index (χ1n) is 10.1. The molecule has 1 aromatic heterocycles. The second kappa shape index (κ2) is 8.92. The van der Waals surface area contributed by atoms with Gasteiger partial charge in [-0.1, -0.05) is 19.1 Å². The molecule has 0 atom stereocenters. The van der Waals surface area contributed by atoms with Crippen molar-refractivity contribution in [2.24, 2.45) is 0 Å². The third-order valence-corrected chi connectivity index (χ3v) is 5.05. The molecule has 4 rings (SSSR count). The first-order chi connectivity index (χ1) is 15.1. The van der Waals surface area contributed by atoms with E-state index in [-0.39, 0.29) is 12.5 Å². The molecule has 0 fully saturated rings. The predicted octanol–water partition coefficient (Wildman–Crippen LogP) is 5.39. The van der Waals surface area contributed by atoms with Crippen molar-refractivity contribution in [1.82, 2.24) is 4.98 Å². The van der Waals surface area contributed by atoms with E-state index in [2.05, 4.69) is 17.2 Å². The van der Waals surface area contributed by atoms with Gasteiger partial charge in [-0.25, -0.2) is 4.98 Å². The number of rotatable bonds is 7. The average molecular weight is 416 g/mol. The molecule has 1 N–H and O–H groups in total. The first kappa shape index (κ1) is 20.5. The smallest absolute Gasteiger partial charge is 0.262 e. The van der Waals surface area contributed by atoms with E-state index in [0.29, 0.717) is 17.3 Å². The van der Waals surface area contributed by atoms with Crippen molar-refractivity contribution < 1.29 is 18.7 Å². The highest BCUT2D eigenvalue weighted by Gasteiger charge is 2.12. The molecule has 0 saturated carbocycles. The minimum atomic E-state index is -0.249. The van der Waals surface area contributed by atoms with Crippen LogP contribution >= 0.6 is 0 Å². The lowest BCUT2D eigenvalue weighted by Gasteiger charge is -2.11. The molecular weight excluding hydrogens is 392 g/mol. The molecule has 3 aromatic carbocycles. The number of methoxy groups -OCH3 is 1. The Morgan fingerprint density at radius 1 is 1.03 bits per heavy atom. The number of amides is 1. The average Bonchev–Trinajstić information content (AvgIpc) is 3.22. The van der Waals surface area contributed by atoms with Gasteiger partial charge in [-0.15, -0.1) is 0 Å². The number of ether oxygens (including phenoxy) is 2. The van der Waals surface area contributed by atoms with Crippen LogP contribution in [0.5, 0.6) is 11.5 Å². The fraction of sp³-hybridized carbons (Fsp3) is 0.200. The molecule has 6 nitrogen and oxygen atoms in total. The van der Waals surface area contributed by atoms with E-state index in [9.17, 15) is 4.79 Å². The van der Waals surface area contributed by atoms with Crippen LogP contribution < -0.4 is 14.8 Å². The van der Waals surface area contributed by atoms with E-state index >= 15 is 0 Å². The van der Waals surface area contributed by atoms with Gasteiger partial charge in [0.25, 0.3) is 5.91 Å². The number of aryl methyl sites for hydroxylation is 2. The van der Waals surface area contributed by atoms with Crippen molar-refractivity contribution >= 4 is 22.7 Å². The second-order valence-corrected chi connectivity index (χ2v) is 7.22. The molecule has 0 unspecified atom stereocenters. The summed E-state index contributed by atoms with van der Waals surface area (Å²) in [7, 11) is 1.60. The van der Waals surface area contributed by atoms with Crippen LogP contribution in [0.15, 0.2) is 65.1 Å². The van der Waals surface area contributed by atoms with Crippen LogP contribution in [0.2, 0.25) is 0 Å². The van der Waals surface area contributed by atoms with Gasteiger partial charge in [0.05, 0.1) is 7.11 Å². The summed E-state index contributed by atoms with van der Waals surface area (Å²) in [6, 6.07) is 18.8. The van der Waals surface area contributed by atoms with Gasteiger partial charge in [0, 0.05) is 11.3 Å². The quantitative estimate of drug-likeness (QED) is 0.437. The standard InChI is InChI=1S/C25H24N2O4/c1-4-17-6-12-23-22(13-17)27-25(31-23)18-7-5-16(2)21(14-18)26-24(28)15-30-20-10-8-19(29-3)9-11-20/h5-14H,4,15H2,1-3H3,(H,26,28). The number of fused-ring (bicyclic) bond motifs is 1. The molecule has 0 spiro atoms. The molecule has 31 heavy (non-hydrogen) atoms. The lowest BCUT2D eigenvalue weighted by Crippen LogP contribution is -2.20. The van der Waals surface area contributed by atoms with Crippen LogP contribution in [0, 0.1) is 6.92 Å². The Morgan fingerprint density at radius 2 is 1.81 bits per heavy atom. The summed E-state index contributed by atoms with van der Waals surface area (Å²) in [5.74, 6) is 1.60. The van der Waals surface area contributed by atoms with Gasteiger partial charge >= 0.3 is 0 Å². The highest BCUT2D eigenvalue weighted by molar-refractivity contribution is 5.93. The molecule has 4 aromatic rings. The van der Waals surface area contributed by atoms with E-state index < -0.39 is 0 Å². The Morgan fingerprint density at radius 3 is 2.55 bits per heavy atom. The van der Waals surface area contributed by atoms with E-state index in [1.54, 1.807) is 31.4 Å². The van der Waals surface area contributed by atoms with Gasteiger partial charge in [0.1, 0.15) is 17.0 Å². The topological polar surface area (TPSA) is 73.6 Å². The Labute approximate surface area is 180 Å². The largest absolute Gasteiger partial charge is 0.497 e. The molecule has 158 valence electrons. The molecule has 0 aliphatic heterocycles. The molecular formula is C25H24N2O4. The van der Waals surface area contributed by atoms with Crippen LogP contribution in [0.25, 0.3) is 22.6 Å². The molecule has 0 aliphatic rings. The Hall–Kier alpha value is -3.80. The van der Waals surface area contributed by atoms with Crippen LogP contribution in [0.1, 0.15) is 18.1 Å². The van der Waals surface area contributed by atoms with Crippen molar-refractivity contribution in [3.63, 3.8) is 0 Å². The van der Waals surface area contributed by atoms with Crippen LogP contribution in [0.3, 0.4) is 0 Å². The summed E-state index contributed by atoms with van der Waals surface area (Å²) >= 11 is 0. The zero-order valence-corrected chi connectivity index (χ0v) is 17.8. The van der Waals surface area contributed by atoms with Crippen molar-refractivity contribution in [2.75, 3.05) is 19.0 Å². The van der Waals surface area contributed by atoms with Crippen molar-refractivity contribution in [1.29, 1.82) is 0 Å². The Kier molecular flexibility index (Phi) is 5.89. The summed E-state index contributed by atoms with van der Waals surface area (Å²) < 4.78 is 16.6. The zero-order chi connectivity index (χ0) is 21.8. The third kappa shape index (κ3) is 4.69. The lowest BCUT2D eigenvalue weighted by atomic mass is 10.1. The molecule has 0 radical (unpaired) electrons. The number of oxazole rings is 1. The third-order valence-electron chi connectivity index (χ3n) is 5.05. The minimum Gasteiger partial charge on any atom is -0.497 e. The Bertz CT molecular complexity index is 1210. The van der Waals surface area contributed by atoms with Gasteiger partial charge in [-0.05, 0) is 73.0 Å². The maximum Gasteiger partial charge on any atom is 0.262 e. The van der Waals surface area contributed by atoms with Gasteiger partial charge in [0.15, 0.2) is 12.2 Å². The number of carbonyl (C=O) groups excluding carboxylic acids is 1. The summed E-state index contributed by atoms with van der Waals surface area (Å²) in [6.07, 6.45) is 0.942. The monoisotopic (exact) mass is 416 g/mol.